The quantitative estimate of drug-likeness (QED) is 0.834. The Bertz CT molecular complexity index is 271. The fourth-order valence-corrected chi connectivity index (χ4v) is 2.76. The van der Waals surface area contributed by atoms with Crippen LogP contribution in [0.15, 0.2) is 0 Å². The molecule has 0 radical (unpaired) electrons. The van der Waals surface area contributed by atoms with Crippen LogP contribution in [0.4, 0.5) is 4.79 Å². The summed E-state index contributed by atoms with van der Waals surface area (Å²) in [5.41, 5.74) is 0. The minimum Gasteiger partial charge on any atom is -0.396 e. The van der Waals surface area contributed by atoms with Crippen molar-refractivity contribution in [1.29, 1.82) is 0 Å². The molecule has 2 rings (SSSR count). The predicted molar refractivity (Wildman–Crippen MR) is 71.4 cm³/mol. The lowest BCUT2D eigenvalue weighted by Crippen LogP contribution is -2.52. The highest BCUT2D eigenvalue weighted by Gasteiger charge is 2.32. The molecule has 0 bridgehead atoms. The fraction of sp³-hybridized carbons (Fsp3) is 0.929. The summed E-state index contributed by atoms with van der Waals surface area (Å²) in [5, 5.41) is 8.96. The maximum Gasteiger partial charge on any atom is 0.320 e. The summed E-state index contributed by atoms with van der Waals surface area (Å²) in [5.74, 6) is 0.753. The lowest BCUT2D eigenvalue weighted by molar-refractivity contribution is 0.0907. The van der Waals surface area contributed by atoms with E-state index in [-0.39, 0.29) is 12.6 Å². The third-order valence-corrected chi connectivity index (χ3v) is 4.37. The van der Waals surface area contributed by atoms with Crippen LogP contribution in [0, 0.1) is 5.92 Å². The van der Waals surface area contributed by atoms with E-state index in [0.717, 1.165) is 44.7 Å². The van der Waals surface area contributed by atoms with E-state index in [4.69, 9.17) is 5.11 Å². The van der Waals surface area contributed by atoms with E-state index >= 15 is 0 Å². The monoisotopic (exact) mass is 254 g/mol. The van der Waals surface area contributed by atoms with E-state index in [1.807, 2.05) is 9.80 Å². The van der Waals surface area contributed by atoms with Crippen molar-refractivity contribution in [3.05, 3.63) is 0 Å². The molecule has 0 aromatic rings. The Balaban J connectivity index is 1.89. The first-order chi connectivity index (χ1) is 8.72. The second kappa shape index (κ2) is 6.41. The van der Waals surface area contributed by atoms with Gasteiger partial charge in [-0.25, -0.2) is 4.79 Å². The van der Waals surface area contributed by atoms with E-state index in [9.17, 15) is 4.79 Å². The van der Waals surface area contributed by atoms with E-state index in [2.05, 4.69) is 6.92 Å². The Hall–Kier alpha value is -0.770. The Morgan fingerprint density at radius 1 is 1.28 bits per heavy atom. The van der Waals surface area contributed by atoms with Crippen LogP contribution in [0.2, 0.25) is 0 Å². The number of aliphatic hydroxyl groups excluding tert-OH is 1. The third kappa shape index (κ3) is 3.16. The first-order valence-corrected chi connectivity index (χ1v) is 7.38. The molecule has 2 fully saturated rings. The molecule has 0 spiro atoms. The summed E-state index contributed by atoms with van der Waals surface area (Å²) >= 11 is 0. The number of hydrogen-bond acceptors (Lipinski definition) is 2. The number of rotatable bonds is 4. The number of urea groups is 1. The highest BCUT2D eigenvalue weighted by molar-refractivity contribution is 5.75. The van der Waals surface area contributed by atoms with Crippen LogP contribution in [-0.4, -0.2) is 53.2 Å². The van der Waals surface area contributed by atoms with Crippen LogP contribution < -0.4 is 0 Å². The van der Waals surface area contributed by atoms with Gasteiger partial charge >= 0.3 is 6.03 Å². The minimum atomic E-state index is 0.174. The maximum absolute atomic E-state index is 12.5. The molecule has 1 aliphatic heterocycles. The number of aliphatic hydroxyl groups is 1. The smallest absolute Gasteiger partial charge is 0.320 e. The van der Waals surface area contributed by atoms with E-state index < -0.39 is 0 Å². The zero-order valence-corrected chi connectivity index (χ0v) is 11.5. The van der Waals surface area contributed by atoms with Crippen molar-refractivity contribution in [2.75, 3.05) is 26.2 Å². The zero-order chi connectivity index (χ0) is 13.0. The Morgan fingerprint density at radius 3 is 2.44 bits per heavy atom. The normalized spacial score (nSPS) is 21.8. The number of carbonyl (C=O) groups is 1. The average Bonchev–Trinajstić information content (AvgIpc) is 2.32. The van der Waals surface area contributed by atoms with Crippen molar-refractivity contribution in [1.82, 2.24) is 9.80 Å². The average molecular weight is 254 g/mol. The molecule has 2 amide bonds. The van der Waals surface area contributed by atoms with Gasteiger partial charge in [-0.15, -0.1) is 0 Å². The topological polar surface area (TPSA) is 43.8 Å². The molecular formula is C14H26N2O2. The van der Waals surface area contributed by atoms with Crippen LogP contribution in [0.1, 0.15) is 45.4 Å². The summed E-state index contributed by atoms with van der Waals surface area (Å²) in [7, 11) is 0. The SMILES string of the molecule is CC1CCN(C(=O)N(CCCO)C2CCC2)CC1. The van der Waals surface area contributed by atoms with Gasteiger partial charge in [-0.2, -0.15) is 0 Å². The van der Waals surface area contributed by atoms with Gasteiger partial charge in [0.25, 0.3) is 0 Å². The summed E-state index contributed by atoms with van der Waals surface area (Å²) in [4.78, 5) is 16.5. The van der Waals surface area contributed by atoms with Crippen molar-refractivity contribution in [3.63, 3.8) is 0 Å². The van der Waals surface area contributed by atoms with E-state index in [1.165, 1.54) is 6.42 Å². The minimum absolute atomic E-state index is 0.174. The third-order valence-electron chi connectivity index (χ3n) is 4.37. The van der Waals surface area contributed by atoms with Crippen molar-refractivity contribution in [2.24, 2.45) is 5.92 Å². The largest absolute Gasteiger partial charge is 0.396 e. The molecule has 4 nitrogen and oxygen atoms in total. The Morgan fingerprint density at radius 2 is 1.94 bits per heavy atom. The molecule has 18 heavy (non-hydrogen) atoms. The molecule has 1 aliphatic carbocycles. The molecule has 1 heterocycles. The molecule has 4 heteroatoms. The van der Waals surface area contributed by atoms with Gasteiger partial charge in [0.1, 0.15) is 0 Å². The first kappa shape index (κ1) is 13.7. The molecule has 1 saturated heterocycles. The lowest BCUT2D eigenvalue weighted by atomic mass is 9.91. The second-order valence-electron chi connectivity index (χ2n) is 5.81. The summed E-state index contributed by atoms with van der Waals surface area (Å²) in [6.45, 7) is 4.96. The van der Waals surface area contributed by atoms with E-state index in [1.54, 1.807) is 0 Å². The maximum atomic E-state index is 12.5. The highest BCUT2D eigenvalue weighted by Crippen LogP contribution is 2.27. The van der Waals surface area contributed by atoms with Gasteiger partial charge in [-0.05, 0) is 44.4 Å². The van der Waals surface area contributed by atoms with Crippen LogP contribution in [0.5, 0.6) is 0 Å². The molecule has 0 atom stereocenters. The molecule has 1 N–H and O–H groups in total. The van der Waals surface area contributed by atoms with Crippen LogP contribution >= 0.6 is 0 Å². The van der Waals surface area contributed by atoms with Gasteiger partial charge in [0, 0.05) is 32.3 Å². The number of likely N-dealkylation sites (tertiary alicyclic amines) is 1. The number of hydrogen-bond donors (Lipinski definition) is 1. The molecule has 0 unspecified atom stereocenters. The zero-order valence-electron chi connectivity index (χ0n) is 11.5. The predicted octanol–water partition coefficient (Wildman–Crippen LogP) is 2.08. The van der Waals surface area contributed by atoms with E-state index in [0.29, 0.717) is 19.0 Å². The number of nitrogens with zero attached hydrogens (tertiary/aromatic N) is 2. The van der Waals surface area contributed by atoms with Crippen molar-refractivity contribution in [3.8, 4) is 0 Å². The molecule has 1 saturated carbocycles. The molecule has 104 valence electrons. The van der Waals surface area contributed by atoms with Gasteiger partial charge in [-0.1, -0.05) is 6.92 Å². The molecular weight excluding hydrogens is 228 g/mol. The lowest BCUT2D eigenvalue weighted by Gasteiger charge is -2.42. The molecule has 0 aromatic heterocycles. The first-order valence-electron chi connectivity index (χ1n) is 7.38. The van der Waals surface area contributed by atoms with Crippen LogP contribution in [0.3, 0.4) is 0 Å². The van der Waals surface area contributed by atoms with Crippen molar-refractivity contribution < 1.29 is 9.90 Å². The van der Waals surface area contributed by atoms with Crippen molar-refractivity contribution in [2.45, 2.75) is 51.5 Å². The molecule has 0 aromatic carbocycles. The number of amides is 2. The number of piperidine rings is 1. The standard InChI is InChI=1S/C14H26N2O2/c1-12-6-9-15(10-7-12)14(18)16(8-3-11-17)13-4-2-5-13/h12-13,17H,2-11H2,1H3. The van der Waals surface area contributed by atoms with Crippen molar-refractivity contribution >= 4 is 6.03 Å². The van der Waals surface area contributed by atoms with Gasteiger partial charge in [0.2, 0.25) is 0 Å². The van der Waals surface area contributed by atoms with Gasteiger partial charge in [0.05, 0.1) is 0 Å². The molecule has 2 aliphatic rings. The van der Waals surface area contributed by atoms with Crippen LogP contribution in [0.25, 0.3) is 0 Å². The van der Waals surface area contributed by atoms with Gasteiger partial charge < -0.3 is 14.9 Å². The summed E-state index contributed by atoms with van der Waals surface area (Å²) < 4.78 is 0. The van der Waals surface area contributed by atoms with Crippen LogP contribution in [-0.2, 0) is 0 Å². The fourth-order valence-electron chi connectivity index (χ4n) is 2.76. The van der Waals surface area contributed by atoms with Gasteiger partial charge in [0.15, 0.2) is 0 Å². The Kier molecular flexibility index (Phi) is 4.87. The second-order valence-corrected chi connectivity index (χ2v) is 5.81. The number of carbonyl (C=O) groups excluding carboxylic acids is 1. The van der Waals surface area contributed by atoms with Gasteiger partial charge in [-0.3, -0.25) is 0 Å². The Labute approximate surface area is 110 Å². The summed E-state index contributed by atoms with van der Waals surface area (Å²) in [6.07, 6.45) is 6.48. The highest BCUT2D eigenvalue weighted by atomic mass is 16.3. The summed E-state index contributed by atoms with van der Waals surface area (Å²) in [6, 6.07) is 0.642.